The van der Waals surface area contributed by atoms with Crippen LogP contribution in [0.3, 0.4) is 0 Å². The van der Waals surface area contributed by atoms with Crippen LogP contribution in [-0.2, 0) is 22.5 Å². The van der Waals surface area contributed by atoms with Gasteiger partial charge < -0.3 is 9.94 Å². The lowest BCUT2D eigenvalue weighted by molar-refractivity contribution is -0.137. The van der Waals surface area contributed by atoms with E-state index in [0.29, 0.717) is 48.1 Å². The third-order valence-electron chi connectivity index (χ3n) is 6.74. The van der Waals surface area contributed by atoms with E-state index < -0.39 is 17.4 Å². The fraction of sp³-hybridized carbons (Fsp3) is 0.267. The number of aromatic nitrogens is 2. The zero-order valence-electron chi connectivity index (χ0n) is 21.1. The number of halogens is 1. The molecule has 1 N–H and O–H groups in total. The molecule has 0 saturated carbocycles. The number of hydrogen-bond donors (Lipinski definition) is 1. The molecule has 1 aliphatic heterocycles. The van der Waals surface area contributed by atoms with Crippen molar-refractivity contribution in [2.75, 3.05) is 0 Å². The van der Waals surface area contributed by atoms with Gasteiger partial charge in [-0.25, -0.2) is 9.37 Å². The molecule has 8 heteroatoms. The van der Waals surface area contributed by atoms with Crippen LogP contribution < -0.4 is 5.56 Å². The van der Waals surface area contributed by atoms with Gasteiger partial charge in [-0.3, -0.25) is 14.2 Å². The maximum atomic E-state index is 13.6. The number of aryl methyl sites for hydroxylation is 1. The fourth-order valence-electron chi connectivity index (χ4n) is 4.86. The van der Waals surface area contributed by atoms with E-state index in [-0.39, 0.29) is 12.0 Å². The lowest BCUT2D eigenvalue weighted by atomic mass is 9.89. The van der Waals surface area contributed by atoms with Gasteiger partial charge in [0.25, 0.3) is 5.56 Å². The van der Waals surface area contributed by atoms with Gasteiger partial charge in [0.2, 0.25) is 0 Å². The zero-order chi connectivity index (χ0) is 26.7. The highest BCUT2D eigenvalue weighted by Crippen LogP contribution is 2.30. The van der Waals surface area contributed by atoms with Crippen LogP contribution in [0, 0.1) is 5.82 Å². The molecule has 5 rings (SSSR count). The van der Waals surface area contributed by atoms with E-state index in [0.717, 1.165) is 17.7 Å². The highest BCUT2D eigenvalue weighted by molar-refractivity contribution is 6.03. The van der Waals surface area contributed by atoms with E-state index in [1.54, 1.807) is 6.07 Å². The number of hydrogen-bond acceptors (Lipinski definition) is 5. The molecule has 1 atom stereocenters. The third kappa shape index (κ3) is 5.49. The summed E-state index contributed by atoms with van der Waals surface area (Å²) in [6.45, 7) is 2.03. The Bertz CT molecular complexity index is 1560. The van der Waals surface area contributed by atoms with E-state index in [4.69, 9.17) is 14.9 Å². The van der Waals surface area contributed by atoms with Crippen LogP contribution in [0.4, 0.5) is 4.39 Å². The number of oxime groups is 1. The number of rotatable bonds is 9. The Kier molecular flexibility index (Phi) is 7.05. The number of carbonyl (C=O) groups is 1. The fourth-order valence-corrected chi connectivity index (χ4v) is 4.86. The molecule has 1 aromatic heterocycles. The summed E-state index contributed by atoms with van der Waals surface area (Å²) in [5.41, 5.74) is 3.09. The molecule has 7 nitrogen and oxygen atoms in total. The van der Waals surface area contributed by atoms with Crippen molar-refractivity contribution in [2.24, 2.45) is 5.16 Å². The van der Waals surface area contributed by atoms with Gasteiger partial charge in [-0.1, -0.05) is 41.6 Å². The van der Waals surface area contributed by atoms with Crippen molar-refractivity contribution >= 4 is 22.6 Å². The van der Waals surface area contributed by atoms with Crippen LogP contribution in [0.25, 0.3) is 16.6 Å². The first-order valence-electron chi connectivity index (χ1n) is 12.6. The van der Waals surface area contributed by atoms with E-state index in [2.05, 4.69) is 17.3 Å². The summed E-state index contributed by atoms with van der Waals surface area (Å²) < 4.78 is 15.1. The lowest BCUT2D eigenvalue weighted by Gasteiger charge is -2.21. The normalized spacial score (nSPS) is 16.8. The first kappa shape index (κ1) is 25.3. The van der Waals surface area contributed by atoms with Gasteiger partial charge >= 0.3 is 5.97 Å². The van der Waals surface area contributed by atoms with E-state index in [1.807, 2.05) is 37.3 Å². The summed E-state index contributed by atoms with van der Waals surface area (Å²) in [6.07, 6.45) is 2.78. The van der Waals surface area contributed by atoms with Gasteiger partial charge in [0.15, 0.2) is 0 Å². The zero-order valence-corrected chi connectivity index (χ0v) is 21.1. The minimum absolute atomic E-state index is 0.0417. The molecular formula is C30H28FN3O4. The van der Waals surface area contributed by atoms with Crippen molar-refractivity contribution in [2.45, 2.75) is 51.0 Å². The van der Waals surface area contributed by atoms with Crippen molar-refractivity contribution in [1.29, 1.82) is 0 Å². The number of carboxylic acid groups (broad SMARTS) is 1. The molecule has 0 aliphatic carbocycles. The molecule has 38 heavy (non-hydrogen) atoms. The van der Waals surface area contributed by atoms with E-state index >= 15 is 0 Å². The molecule has 194 valence electrons. The Labute approximate surface area is 219 Å². The molecule has 0 radical (unpaired) electrons. The molecule has 0 amide bonds. The van der Waals surface area contributed by atoms with Crippen LogP contribution in [0.1, 0.15) is 49.6 Å². The molecule has 1 aliphatic rings. The van der Waals surface area contributed by atoms with Gasteiger partial charge in [-0.05, 0) is 61.7 Å². The second kappa shape index (κ2) is 10.6. The van der Waals surface area contributed by atoms with Gasteiger partial charge in [0.1, 0.15) is 17.2 Å². The summed E-state index contributed by atoms with van der Waals surface area (Å²) in [7, 11) is 0. The minimum atomic E-state index is -0.865. The predicted molar refractivity (Wildman–Crippen MR) is 143 cm³/mol. The molecule has 0 saturated heterocycles. The standard InChI is InChI=1S/C30H28FN3O4/c1-30(18-20-7-3-2-4-8-20)19-26(33-38-30)21-11-16-24-25(17-21)32-27(9-5-6-10-28(35)36)34(29(24)37)23-14-12-22(31)13-15-23/h2-4,7-8,11-17H,5-6,9-10,18-19H2,1H3,(H,35,36)/t30-/m0/s1. The SMILES string of the molecule is C[C@]1(Cc2ccccc2)CC(c2ccc3c(=O)n(-c4ccc(F)cc4)c(CCCCC(=O)O)nc3c2)=NO1. The van der Waals surface area contributed by atoms with Crippen molar-refractivity contribution in [3.05, 3.63) is 106 Å². The highest BCUT2D eigenvalue weighted by atomic mass is 19.1. The van der Waals surface area contributed by atoms with Gasteiger partial charge in [0, 0.05) is 31.2 Å². The number of benzene rings is 3. The number of fused-ring (bicyclic) bond motifs is 1. The maximum absolute atomic E-state index is 13.6. The second-order valence-electron chi connectivity index (χ2n) is 9.90. The molecule has 0 spiro atoms. The number of carboxylic acids is 1. The maximum Gasteiger partial charge on any atom is 0.303 e. The van der Waals surface area contributed by atoms with Gasteiger partial charge in [-0.15, -0.1) is 0 Å². The summed E-state index contributed by atoms with van der Waals surface area (Å²) in [4.78, 5) is 35.2. The Balaban J connectivity index is 1.47. The Morgan fingerprint density at radius 3 is 2.58 bits per heavy atom. The van der Waals surface area contributed by atoms with Crippen molar-refractivity contribution < 1.29 is 19.1 Å². The van der Waals surface area contributed by atoms with Crippen LogP contribution in [0.15, 0.2) is 82.7 Å². The molecular weight excluding hydrogens is 485 g/mol. The highest BCUT2D eigenvalue weighted by Gasteiger charge is 2.35. The van der Waals surface area contributed by atoms with Crippen LogP contribution in [-0.4, -0.2) is 31.9 Å². The van der Waals surface area contributed by atoms with Gasteiger partial charge in [-0.2, -0.15) is 0 Å². The van der Waals surface area contributed by atoms with E-state index in [1.165, 1.54) is 34.4 Å². The van der Waals surface area contributed by atoms with Crippen molar-refractivity contribution in [3.8, 4) is 5.69 Å². The lowest BCUT2D eigenvalue weighted by Crippen LogP contribution is -2.28. The molecule has 0 unspecified atom stereocenters. The summed E-state index contributed by atoms with van der Waals surface area (Å²) >= 11 is 0. The summed E-state index contributed by atoms with van der Waals surface area (Å²) in [6, 6.07) is 21.2. The first-order valence-corrected chi connectivity index (χ1v) is 12.6. The smallest absolute Gasteiger partial charge is 0.303 e. The van der Waals surface area contributed by atoms with E-state index in [9.17, 15) is 14.0 Å². The quantitative estimate of drug-likeness (QED) is 0.301. The topological polar surface area (TPSA) is 93.8 Å². The third-order valence-corrected chi connectivity index (χ3v) is 6.74. The minimum Gasteiger partial charge on any atom is -0.481 e. The number of unbranched alkanes of at least 4 members (excludes halogenated alkanes) is 1. The molecule has 3 aromatic carbocycles. The van der Waals surface area contributed by atoms with Gasteiger partial charge in [0.05, 0.1) is 22.3 Å². The predicted octanol–water partition coefficient (Wildman–Crippen LogP) is 5.45. The van der Waals surface area contributed by atoms with Crippen LogP contribution in [0.5, 0.6) is 0 Å². The summed E-state index contributed by atoms with van der Waals surface area (Å²) in [5.74, 6) is -0.770. The van der Waals surface area contributed by atoms with Crippen LogP contribution in [0.2, 0.25) is 0 Å². The van der Waals surface area contributed by atoms with Crippen molar-refractivity contribution in [3.63, 3.8) is 0 Å². The number of nitrogens with zero attached hydrogens (tertiary/aromatic N) is 3. The second-order valence-corrected chi connectivity index (χ2v) is 9.90. The first-order chi connectivity index (χ1) is 18.3. The Morgan fingerprint density at radius 2 is 1.84 bits per heavy atom. The Hall–Kier alpha value is -4.33. The number of aliphatic carboxylic acids is 1. The van der Waals surface area contributed by atoms with Crippen LogP contribution >= 0.6 is 0 Å². The monoisotopic (exact) mass is 513 g/mol. The molecule has 4 aromatic rings. The average Bonchev–Trinajstić information content (AvgIpc) is 3.29. The Morgan fingerprint density at radius 1 is 1.08 bits per heavy atom. The molecule has 0 bridgehead atoms. The van der Waals surface area contributed by atoms with Crippen molar-refractivity contribution in [1.82, 2.24) is 9.55 Å². The average molecular weight is 514 g/mol. The summed E-state index contributed by atoms with van der Waals surface area (Å²) in [5, 5.41) is 13.8. The largest absolute Gasteiger partial charge is 0.481 e. The molecule has 2 heterocycles. The molecule has 0 fully saturated rings.